The number of carbonyl (C=O) groups is 1. The molecule has 3 aromatic heterocycles. The molecular formula is C17H15N5O2. The van der Waals surface area contributed by atoms with Crippen LogP contribution >= 0.6 is 0 Å². The Morgan fingerprint density at radius 1 is 1.46 bits per heavy atom. The molecule has 1 atom stereocenters. The topological polar surface area (TPSA) is 85.3 Å². The van der Waals surface area contributed by atoms with Crippen molar-refractivity contribution in [3.63, 3.8) is 0 Å². The van der Waals surface area contributed by atoms with Crippen LogP contribution in [-0.2, 0) is 11.3 Å². The number of pyridine rings is 1. The van der Waals surface area contributed by atoms with Crippen molar-refractivity contribution in [2.75, 3.05) is 5.32 Å². The highest BCUT2D eigenvalue weighted by molar-refractivity contribution is 6.12. The first-order chi connectivity index (χ1) is 11.8. The van der Waals surface area contributed by atoms with Crippen LogP contribution in [0.1, 0.15) is 18.4 Å². The van der Waals surface area contributed by atoms with Gasteiger partial charge in [-0.2, -0.15) is 5.10 Å². The molecule has 120 valence electrons. The molecule has 1 aliphatic rings. The van der Waals surface area contributed by atoms with Crippen LogP contribution in [0.15, 0.2) is 52.3 Å². The third-order valence-electron chi connectivity index (χ3n) is 3.93. The summed E-state index contributed by atoms with van der Waals surface area (Å²) in [5.74, 6) is 1.37. The molecule has 0 aliphatic carbocycles. The van der Waals surface area contributed by atoms with Crippen molar-refractivity contribution in [3.05, 3.63) is 48.5 Å². The second kappa shape index (κ2) is 5.77. The Labute approximate surface area is 138 Å². The number of fused-ring (bicyclic) bond motifs is 1. The molecule has 1 aliphatic heterocycles. The van der Waals surface area contributed by atoms with E-state index in [9.17, 15) is 4.79 Å². The average Bonchev–Trinajstić information content (AvgIpc) is 3.32. The van der Waals surface area contributed by atoms with Crippen LogP contribution in [-0.4, -0.2) is 26.9 Å². The summed E-state index contributed by atoms with van der Waals surface area (Å²) >= 11 is 0. The van der Waals surface area contributed by atoms with Gasteiger partial charge in [-0.3, -0.25) is 4.79 Å². The minimum atomic E-state index is -0.484. The molecule has 4 rings (SSSR count). The van der Waals surface area contributed by atoms with Crippen molar-refractivity contribution >= 4 is 23.8 Å². The van der Waals surface area contributed by atoms with Gasteiger partial charge in [0.2, 0.25) is 5.91 Å². The zero-order valence-corrected chi connectivity index (χ0v) is 13.0. The SMILES string of the molecule is CCn1nccc1N=CC1C(=O)Nc2ncc(-c3ccco3)cc21. The number of hydrogen-bond acceptors (Lipinski definition) is 5. The van der Waals surface area contributed by atoms with Crippen molar-refractivity contribution < 1.29 is 9.21 Å². The minimum absolute atomic E-state index is 0.139. The summed E-state index contributed by atoms with van der Waals surface area (Å²) in [4.78, 5) is 21.0. The van der Waals surface area contributed by atoms with E-state index in [1.54, 1.807) is 29.6 Å². The zero-order chi connectivity index (χ0) is 16.5. The van der Waals surface area contributed by atoms with Gasteiger partial charge in [0.25, 0.3) is 0 Å². The molecule has 0 aromatic carbocycles. The van der Waals surface area contributed by atoms with Crippen LogP contribution in [0, 0.1) is 0 Å². The van der Waals surface area contributed by atoms with E-state index in [4.69, 9.17) is 4.42 Å². The Morgan fingerprint density at radius 3 is 3.17 bits per heavy atom. The number of rotatable bonds is 4. The van der Waals surface area contributed by atoms with Crippen molar-refractivity contribution in [1.29, 1.82) is 0 Å². The van der Waals surface area contributed by atoms with Crippen molar-refractivity contribution in [3.8, 4) is 11.3 Å². The molecule has 3 aromatic rings. The Bertz CT molecular complexity index is 911. The van der Waals surface area contributed by atoms with E-state index in [1.807, 2.05) is 31.2 Å². The number of furan rings is 1. The second-order valence-corrected chi connectivity index (χ2v) is 5.39. The van der Waals surface area contributed by atoms with E-state index in [1.165, 1.54) is 0 Å². The Balaban J connectivity index is 1.69. The maximum atomic E-state index is 12.3. The largest absolute Gasteiger partial charge is 0.464 e. The maximum Gasteiger partial charge on any atom is 0.238 e. The normalized spacial score (nSPS) is 16.5. The molecule has 7 nitrogen and oxygen atoms in total. The average molecular weight is 321 g/mol. The number of aryl methyl sites for hydroxylation is 1. The molecule has 0 bridgehead atoms. The molecule has 1 unspecified atom stereocenters. The standard InChI is InChI=1S/C17H15N5O2/c1-2-22-15(5-6-20-22)18-10-13-12-8-11(14-4-3-7-24-14)9-19-16(12)21-17(13)23/h3-10,13H,2H2,1H3,(H,19,21,23). The van der Waals surface area contributed by atoms with Crippen molar-refractivity contribution in [1.82, 2.24) is 14.8 Å². The first-order valence-electron chi connectivity index (χ1n) is 7.67. The number of amides is 1. The van der Waals surface area contributed by atoms with Gasteiger partial charge in [0.1, 0.15) is 23.3 Å². The van der Waals surface area contributed by atoms with Gasteiger partial charge in [-0.25, -0.2) is 14.7 Å². The first kappa shape index (κ1) is 14.4. The highest BCUT2D eigenvalue weighted by Crippen LogP contribution is 2.33. The van der Waals surface area contributed by atoms with Crippen LogP contribution in [0.4, 0.5) is 11.6 Å². The lowest BCUT2D eigenvalue weighted by molar-refractivity contribution is -0.115. The van der Waals surface area contributed by atoms with Crippen LogP contribution in [0.5, 0.6) is 0 Å². The number of carbonyl (C=O) groups excluding carboxylic acids is 1. The summed E-state index contributed by atoms with van der Waals surface area (Å²) in [6, 6.07) is 7.39. The number of aromatic nitrogens is 3. The summed E-state index contributed by atoms with van der Waals surface area (Å²) in [7, 11) is 0. The van der Waals surface area contributed by atoms with E-state index in [2.05, 4.69) is 20.4 Å². The fourth-order valence-electron chi connectivity index (χ4n) is 2.71. The molecule has 0 radical (unpaired) electrons. The minimum Gasteiger partial charge on any atom is -0.464 e. The maximum absolute atomic E-state index is 12.3. The summed E-state index contributed by atoms with van der Waals surface area (Å²) < 4.78 is 7.17. The third kappa shape index (κ3) is 2.40. The van der Waals surface area contributed by atoms with Crippen molar-refractivity contribution in [2.24, 2.45) is 4.99 Å². The Morgan fingerprint density at radius 2 is 2.38 bits per heavy atom. The van der Waals surface area contributed by atoms with Crippen LogP contribution in [0.2, 0.25) is 0 Å². The smallest absolute Gasteiger partial charge is 0.238 e. The monoisotopic (exact) mass is 321 g/mol. The van der Waals surface area contributed by atoms with Crippen LogP contribution in [0.25, 0.3) is 11.3 Å². The molecule has 0 saturated carbocycles. The molecule has 4 heterocycles. The van der Waals surface area contributed by atoms with Gasteiger partial charge in [0.05, 0.1) is 12.5 Å². The number of anilines is 1. The van der Waals surface area contributed by atoms with Gasteiger partial charge in [-0.1, -0.05) is 0 Å². The Kier molecular flexibility index (Phi) is 3.45. The fourth-order valence-corrected chi connectivity index (χ4v) is 2.71. The molecular weight excluding hydrogens is 306 g/mol. The molecule has 0 spiro atoms. The molecule has 7 heteroatoms. The summed E-state index contributed by atoms with van der Waals surface area (Å²) in [5.41, 5.74) is 1.62. The molecule has 1 N–H and O–H groups in total. The van der Waals surface area contributed by atoms with E-state index in [0.717, 1.165) is 17.7 Å². The van der Waals surface area contributed by atoms with E-state index in [-0.39, 0.29) is 5.91 Å². The number of nitrogens with one attached hydrogen (secondary N) is 1. The van der Waals surface area contributed by atoms with Gasteiger partial charge in [-0.05, 0) is 25.1 Å². The number of hydrogen-bond donors (Lipinski definition) is 1. The van der Waals surface area contributed by atoms with Gasteiger partial charge >= 0.3 is 0 Å². The van der Waals surface area contributed by atoms with E-state index in [0.29, 0.717) is 17.4 Å². The highest BCUT2D eigenvalue weighted by Gasteiger charge is 2.31. The van der Waals surface area contributed by atoms with Crippen LogP contribution in [0.3, 0.4) is 0 Å². The van der Waals surface area contributed by atoms with Crippen LogP contribution < -0.4 is 5.32 Å². The molecule has 0 saturated heterocycles. The summed E-state index contributed by atoms with van der Waals surface area (Å²) in [5, 5.41) is 6.95. The molecule has 1 amide bonds. The lowest BCUT2D eigenvalue weighted by Crippen LogP contribution is -2.13. The predicted molar refractivity (Wildman–Crippen MR) is 89.4 cm³/mol. The predicted octanol–water partition coefficient (Wildman–Crippen LogP) is 3.00. The molecule has 24 heavy (non-hydrogen) atoms. The second-order valence-electron chi connectivity index (χ2n) is 5.39. The fraction of sp³-hybridized carbons (Fsp3) is 0.176. The first-order valence-corrected chi connectivity index (χ1v) is 7.67. The number of nitrogens with zero attached hydrogens (tertiary/aromatic N) is 4. The molecule has 0 fully saturated rings. The van der Waals surface area contributed by atoms with Gasteiger partial charge < -0.3 is 9.73 Å². The number of aliphatic imine (C=N–C) groups is 1. The highest BCUT2D eigenvalue weighted by atomic mass is 16.3. The zero-order valence-electron chi connectivity index (χ0n) is 13.0. The summed E-state index contributed by atoms with van der Waals surface area (Å²) in [6.07, 6.45) is 6.62. The lowest BCUT2D eigenvalue weighted by Gasteiger charge is -2.04. The van der Waals surface area contributed by atoms with Gasteiger partial charge in [-0.15, -0.1) is 0 Å². The van der Waals surface area contributed by atoms with Gasteiger partial charge in [0.15, 0.2) is 0 Å². The quantitative estimate of drug-likeness (QED) is 0.749. The van der Waals surface area contributed by atoms with E-state index >= 15 is 0 Å². The lowest BCUT2D eigenvalue weighted by atomic mass is 10.0. The van der Waals surface area contributed by atoms with Gasteiger partial charge in [0, 0.05) is 36.1 Å². The summed E-state index contributed by atoms with van der Waals surface area (Å²) in [6.45, 7) is 2.71. The van der Waals surface area contributed by atoms with E-state index < -0.39 is 5.92 Å². The van der Waals surface area contributed by atoms with Crippen molar-refractivity contribution in [2.45, 2.75) is 19.4 Å². The Hall–Kier alpha value is -3.22. The third-order valence-corrected chi connectivity index (χ3v) is 3.93.